The van der Waals surface area contributed by atoms with Crippen LogP contribution in [-0.4, -0.2) is 51.6 Å². The fourth-order valence-corrected chi connectivity index (χ4v) is 2.58. The van der Waals surface area contributed by atoms with Crippen molar-refractivity contribution in [2.75, 3.05) is 49.7 Å². The van der Waals surface area contributed by atoms with Crippen LogP contribution in [-0.2, 0) is 9.47 Å². The normalized spacial score (nSPS) is 16.1. The van der Waals surface area contributed by atoms with Crippen molar-refractivity contribution in [3.63, 3.8) is 0 Å². The highest BCUT2D eigenvalue weighted by molar-refractivity contribution is 5.90. The van der Waals surface area contributed by atoms with E-state index < -0.39 is 0 Å². The second-order valence-corrected chi connectivity index (χ2v) is 6.26. The first-order chi connectivity index (χ1) is 11.6. The van der Waals surface area contributed by atoms with Crippen LogP contribution in [0.3, 0.4) is 0 Å². The molecule has 0 spiro atoms. The Kier molecular flexibility index (Phi) is 7.34. The molecule has 134 valence electrons. The fourth-order valence-electron chi connectivity index (χ4n) is 2.58. The van der Waals surface area contributed by atoms with E-state index in [0.717, 1.165) is 37.7 Å². The van der Waals surface area contributed by atoms with E-state index in [9.17, 15) is 4.79 Å². The Morgan fingerprint density at radius 2 is 2.08 bits per heavy atom. The molecule has 1 fully saturated rings. The smallest absolute Gasteiger partial charge is 0.319 e. The van der Waals surface area contributed by atoms with Gasteiger partial charge in [0, 0.05) is 31.1 Å². The van der Waals surface area contributed by atoms with Gasteiger partial charge in [0.1, 0.15) is 0 Å². The number of carbonyl (C=O) groups is 1. The van der Waals surface area contributed by atoms with Crippen LogP contribution in [0.1, 0.15) is 20.8 Å². The molecule has 0 saturated carbocycles. The van der Waals surface area contributed by atoms with Gasteiger partial charge in [-0.05, 0) is 31.0 Å². The Bertz CT molecular complexity index is 516. The van der Waals surface area contributed by atoms with Gasteiger partial charge in [-0.2, -0.15) is 0 Å². The summed E-state index contributed by atoms with van der Waals surface area (Å²) < 4.78 is 10.8. The number of morpholine rings is 1. The molecule has 1 aliphatic rings. The van der Waals surface area contributed by atoms with Gasteiger partial charge in [-0.1, -0.05) is 19.9 Å². The number of urea groups is 1. The quantitative estimate of drug-likeness (QED) is 0.804. The number of ether oxygens (including phenoxy) is 2. The molecule has 2 amide bonds. The first-order valence-corrected chi connectivity index (χ1v) is 8.68. The largest absolute Gasteiger partial charge is 0.380 e. The standard InChI is InChI=1S/C18H29N3O3/c1-4-23-13-17(14(2)3)20-18(22)19-15-6-5-7-16(12-15)21-8-10-24-11-9-21/h5-7,12,14,17H,4,8-11,13H2,1-3H3,(H2,19,20,22)/t17-/m0/s1. The molecule has 0 aromatic heterocycles. The van der Waals surface area contributed by atoms with Crippen molar-refractivity contribution < 1.29 is 14.3 Å². The van der Waals surface area contributed by atoms with E-state index in [2.05, 4.69) is 35.4 Å². The number of nitrogens with one attached hydrogen (secondary N) is 2. The van der Waals surface area contributed by atoms with Gasteiger partial charge in [0.2, 0.25) is 0 Å². The third kappa shape index (κ3) is 5.69. The minimum Gasteiger partial charge on any atom is -0.380 e. The Labute approximate surface area is 144 Å². The number of amides is 2. The molecule has 6 heteroatoms. The number of hydrogen-bond acceptors (Lipinski definition) is 4. The predicted octanol–water partition coefficient (Wildman–Crippen LogP) is 2.71. The Morgan fingerprint density at radius 3 is 2.75 bits per heavy atom. The van der Waals surface area contributed by atoms with Crippen LogP contribution >= 0.6 is 0 Å². The van der Waals surface area contributed by atoms with E-state index >= 15 is 0 Å². The fraction of sp³-hybridized carbons (Fsp3) is 0.611. The van der Waals surface area contributed by atoms with E-state index in [-0.39, 0.29) is 12.1 Å². The second-order valence-electron chi connectivity index (χ2n) is 6.26. The zero-order valence-electron chi connectivity index (χ0n) is 14.9. The molecule has 6 nitrogen and oxygen atoms in total. The van der Waals surface area contributed by atoms with E-state index in [0.29, 0.717) is 19.1 Å². The summed E-state index contributed by atoms with van der Waals surface area (Å²) in [5.74, 6) is 0.307. The summed E-state index contributed by atoms with van der Waals surface area (Å²) in [5, 5.41) is 5.91. The van der Waals surface area contributed by atoms with Crippen LogP contribution in [0.4, 0.5) is 16.2 Å². The lowest BCUT2D eigenvalue weighted by molar-refractivity contribution is 0.111. The van der Waals surface area contributed by atoms with Gasteiger partial charge in [-0.15, -0.1) is 0 Å². The van der Waals surface area contributed by atoms with E-state index in [1.807, 2.05) is 25.1 Å². The molecule has 1 aliphatic heterocycles. The average Bonchev–Trinajstić information content (AvgIpc) is 2.59. The molecule has 2 N–H and O–H groups in total. The van der Waals surface area contributed by atoms with Crippen molar-refractivity contribution >= 4 is 17.4 Å². The highest BCUT2D eigenvalue weighted by Crippen LogP contribution is 2.20. The van der Waals surface area contributed by atoms with Gasteiger partial charge < -0.3 is 25.0 Å². The molecule has 1 heterocycles. The SMILES string of the molecule is CCOC[C@H](NC(=O)Nc1cccc(N2CCOCC2)c1)C(C)C. The van der Waals surface area contributed by atoms with Crippen molar-refractivity contribution in [3.8, 4) is 0 Å². The summed E-state index contributed by atoms with van der Waals surface area (Å²) in [4.78, 5) is 14.5. The Hall–Kier alpha value is -1.79. The van der Waals surface area contributed by atoms with Gasteiger partial charge >= 0.3 is 6.03 Å². The maximum absolute atomic E-state index is 12.3. The van der Waals surface area contributed by atoms with Crippen molar-refractivity contribution in [2.45, 2.75) is 26.8 Å². The van der Waals surface area contributed by atoms with E-state index in [1.54, 1.807) is 0 Å². The molecule has 24 heavy (non-hydrogen) atoms. The highest BCUT2D eigenvalue weighted by atomic mass is 16.5. The molecule has 1 aromatic rings. The Balaban J connectivity index is 1.93. The lowest BCUT2D eigenvalue weighted by Gasteiger charge is -2.29. The van der Waals surface area contributed by atoms with Crippen LogP contribution < -0.4 is 15.5 Å². The first kappa shape index (κ1) is 18.5. The predicted molar refractivity (Wildman–Crippen MR) is 96.7 cm³/mol. The highest BCUT2D eigenvalue weighted by Gasteiger charge is 2.17. The van der Waals surface area contributed by atoms with Gasteiger partial charge in [-0.3, -0.25) is 0 Å². The third-order valence-electron chi connectivity index (χ3n) is 4.10. The molecule has 0 unspecified atom stereocenters. The molecule has 1 saturated heterocycles. The zero-order chi connectivity index (χ0) is 17.4. The number of carbonyl (C=O) groups excluding carboxylic acids is 1. The second kappa shape index (κ2) is 9.49. The average molecular weight is 335 g/mol. The van der Waals surface area contributed by atoms with E-state index in [4.69, 9.17) is 9.47 Å². The summed E-state index contributed by atoms with van der Waals surface area (Å²) in [5.41, 5.74) is 1.89. The van der Waals surface area contributed by atoms with Crippen LogP contribution in [0.5, 0.6) is 0 Å². The third-order valence-corrected chi connectivity index (χ3v) is 4.10. The number of hydrogen-bond donors (Lipinski definition) is 2. The summed E-state index contributed by atoms with van der Waals surface area (Å²) in [6, 6.07) is 7.70. The summed E-state index contributed by atoms with van der Waals surface area (Å²) in [7, 11) is 0. The minimum absolute atomic E-state index is 0.00706. The van der Waals surface area contributed by atoms with Crippen molar-refractivity contribution in [1.82, 2.24) is 5.32 Å². The summed E-state index contributed by atoms with van der Waals surface area (Å²) in [6.07, 6.45) is 0. The monoisotopic (exact) mass is 335 g/mol. The molecule has 0 radical (unpaired) electrons. The van der Waals surface area contributed by atoms with Gasteiger partial charge in [-0.25, -0.2) is 4.79 Å². The summed E-state index contributed by atoms with van der Waals surface area (Å²) in [6.45, 7) is 10.5. The van der Waals surface area contributed by atoms with Crippen molar-refractivity contribution in [2.24, 2.45) is 5.92 Å². The maximum Gasteiger partial charge on any atom is 0.319 e. The molecular weight excluding hydrogens is 306 g/mol. The van der Waals surface area contributed by atoms with Gasteiger partial charge in [0.25, 0.3) is 0 Å². The van der Waals surface area contributed by atoms with Gasteiger partial charge in [0.05, 0.1) is 25.9 Å². The minimum atomic E-state index is -0.201. The maximum atomic E-state index is 12.3. The number of rotatable bonds is 7. The summed E-state index contributed by atoms with van der Waals surface area (Å²) >= 11 is 0. The number of nitrogens with zero attached hydrogens (tertiary/aromatic N) is 1. The molecular formula is C18H29N3O3. The molecule has 1 atom stereocenters. The molecule has 0 aliphatic carbocycles. The Morgan fingerprint density at radius 1 is 1.33 bits per heavy atom. The lowest BCUT2D eigenvalue weighted by Crippen LogP contribution is -2.44. The van der Waals surface area contributed by atoms with Crippen molar-refractivity contribution in [1.29, 1.82) is 0 Å². The van der Waals surface area contributed by atoms with Crippen LogP contribution in [0, 0.1) is 5.92 Å². The lowest BCUT2D eigenvalue weighted by atomic mass is 10.1. The van der Waals surface area contributed by atoms with Gasteiger partial charge in [0.15, 0.2) is 0 Å². The molecule has 1 aromatic carbocycles. The van der Waals surface area contributed by atoms with Crippen molar-refractivity contribution in [3.05, 3.63) is 24.3 Å². The topological polar surface area (TPSA) is 62.8 Å². The van der Waals surface area contributed by atoms with Crippen LogP contribution in [0.15, 0.2) is 24.3 Å². The molecule has 0 bridgehead atoms. The number of anilines is 2. The first-order valence-electron chi connectivity index (χ1n) is 8.68. The van der Waals surface area contributed by atoms with Crippen LogP contribution in [0.25, 0.3) is 0 Å². The van der Waals surface area contributed by atoms with E-state index in [1.165, 1.54) is 0 Å². The molecule has 2 rings (SSSR count). The number of benzene rings is 1. The van der Waals surface area contributed by atoms with Crippen LogP contribution in [0.2, 0.25) is 0 Å². The zero-order valence-corrected chi connectivity index (χ0v) is 14.9.